The summed E-state index contributed by atoms with van der Waals surface area (Å²) in [6.45, 7) is 8.24. The van der Waals surface area contributed by atoms with Crippen LogP contribution in [0.1, 0.15) is 58.1 Å². The summed E-state index contributed by atoms with van der Waals surface area (Å²) in [6.07, 6.45) is 10.7. The fourth-order valence-corrected chi connectivity index (χ4v) is 6.78. The first-order valence-corrected chi connectivity index (χ1v) is 14.3. The molecule has 0 amide bonds. The number of carboxylic acids is 2. The number of allylic oxidation sites excluding steroid dienone is 8. The van der Waals surface area contributed by atoms with Crippen LogP contribution in [-0.4, -0.2) is 45.5 Å². The summed E-state index contributed by atoms with van der Waals surface area (Å²) >= 11 is 6.99. The van der Waals surface area contributed by atoms with Crippen molar-refractivity contribution in [2.24, 2.45) is 0 Å². The van der Waals surface area contributed by atoms with Crippen molar-refractivity contribution in [2.45, 2.75) is 57.8 Å². The van der Waals surface area contributed by atoms with Gasteiger partial charge in [0.25, 0.3) is 0 Å². The maximum absolute atomic E-state index is 11.7. The molecular weight excluding hydrogens is 536 g/mol. The zero-order valence-electron chi connectivity index (χ0n) is 23.9. The van der Waals surface area contributed by atoms with E-state index in [2.05, 4.69) is 39.8 Å². The maximum Gasteiger partial charge on any atom is 0.370 e. The van der Waals surface area contributed by atoms with Gasteiger partial charge in [-0.3, -0.25) is 4.79 Å². The van der Waals surface area contributed by atoms with E-state index in [9.17, 15) is 19.8 Å². The molecule has 2 heterocycles. The van der Waals surface area contributed by atoms with Gasteiger partial charge in [-0.05, 0) is 62.0 Å². The second kappa shape index (κ2) is 10.8. The van der Waals surface area contributed by atoms with Gasteiger partial charge >= 0.3 is 11.9 Å². The summed E-state index contributed by atoms with van der Waals surface area (Å²) < 4.78 is 1.88. The van der Waals surface area contributed by atoms with E-state index in [1.807, 2.05) is 70.2 Å². The molecule has 0 saturated carbocycles. The monoisotopic (exact) mass is 571 g/mol. The van der Waals surface area contributed by atoms with Crippen molar-refractivity contribution < 1.29 is 24.4 Å². The number of hydrogen-bond donors (Lipinski definition) is 2. The van der Waals surface area contributed by atoms with Gasteiger partial charge in [0.1, 0.15) is 6.54 Å². The summed E-state index contributed by atoms with van der Waals surface area (Å²) in [5, 5.41) is 20.0. The van der Waals surface area contributed by atoms with Crippen LogP contribution >= 0.6 is 11.6 Å². The molecule has 6 nitrogen and oxygen atoms in total. The molecule has 2 aromatic carbocycles. The minimum atomic E-state index is -0.884. The second-order valence-corrected chi connectivity index (χ2v) is 12.3. The summed E-state index contributed by atoms with van der Waals surface area (Å²) in [5.74, 6) is -1.77. The van der Waals surface area contributed by atoms with E-state index in [-0.39, 0.29) is 23.9 Å². The molecule has 2 N–H and O–H groups in total. The SMILES string of the molecule is CC1(C)C(=CC=C2CCCC(C=CC3=[N+](CC(=O)O)c4ccccc4C3(C)C)=C2Cl)N(CC(=O)O)c2ccccc21. The molecule has 0 aromatic heterocycles. The molecule has 5 rings (SSSR count). The zero-order valence-corrected chi connectivity index (χ0v) is 24.7. The van der Waals surface area contributed by atoms with Gasteiger partial charge in [-0.15, -0.1) is 0 Å². The number of hydrogen-bond acceptors (Lipinski definition) is 3. The van der Waals surface area contributed by atoms with Gasteiger partial charge in [-0.1, -0.05) is 74.0 Å². The lowest BCUT2D eigenvalue weighted by Crippen LogP contribution is -2.30. The van der Waals surface area contributed by atoms with E-state index in [1.54, 1.807) is 0 Å². The van der Waals surface area contributed by atoms with Gasteiger partial charge in [0.2, 0.25) is 12.2 Å². The number of fused-ring (bicyclic) bond motifs is 2. The fraction of sp³-hybridized carbons (Fsp3) is 0.324. The zero-order chi connectivity index (χ0) is 29.5. The smallest absolute Gasteiger partial charge is 0.370 e. The first-order chi connectivity index (χ1) is 19.4. The van der Waals surface area contributed by atoms with E-state index >= 15 is 0 Å². The Morgan fingerprint density at radius 2 is 1.59 bits per heavy atom. The van der Waals surface area contributed by atoms with Crippen LogP contribution in [0.2, 0.25) is 0 Å². The third-order valence-electron chi connectivity index (χ3n) is 8.53. The molecule has 2 aliphatic heterocycles. The van der Waals surface area contributed by atoms with Crippen LogP contribution in [0.25, 0.3) is 0 Å². The number of para-hydroxylation sites is 2. The van der Waals surface area contributed by atoms with Crippen molar-refractivity contribution >= 4 is 40.6 Å². The van der Waals surface area contributed by atoms with Crippen LogP contribution in [0.15, 0.2) is 94.7 Å². The molecule has 7 heteroatoms. The molecule has 0 fully saturated rings. The van der Waals surface area contributed by atoms with E-state index in [0.717, 1.165) is 64.3 Å². The normalized spacial score (nSPS) is 21.2. The Kier molecular flexibility index (Phi) is 7.56. The summed E-state index contributed by atoms with van der Waals surface area (Å²) in [7, 11) is 0. The topological polar surface area (TPSA) is 80.9 Å². The summed E-state index contributed by atoms with van der Waals surface area (Å²) in [5.41, 5.74) is 7.18. The molecule has 3 aliphatic rings. The van der Waals surface area contributed by atoms with Crippen molar-refractivity contribution in [3.8, 4) is 0 Å². The minimum Gasteiger partial charge on any atom is -0.480 e. The number of carboxylic acid groups (broad SMARTS) is 2. The highest BCUT2D eigenvalue weighted by molar-refractivity contribution is 6.32. The lowest BCUT2D eigenvalue weighted by atomic mass is 9.81. The van der Waals surface area contributed by atoms with Crippen LogP contribution < -0.4 is 4.90 Å². The predicted molar refractivity (Wildman–Crippen MR) is 163 cm³/mol. The molecule has 212 valence electrons. The largest absolute Gasteiger partial charge is 0.480 e. The Bertz CT molecular complexity index is 1590. The van der Waals surface area contributed by atoms with Gasteiger partial charge < -0.3 is 15.1 Å². The minimum absolute atomic E-state index is 0.114. The van der Waals surface area contributed by atoms with E-state index in [0.29, 0.717) is 5.03 Å². The molecule has 0 saturated heterocycles. The molecule has 0 atom stereocenters. The first kappa shape index (κ1) is 28.6. The molecule has 41 heavy (non-hydrogen) atoms. The van der Waals surface area contributed by atoms with Crippen LogP contribution in [0.5, 0.6) is 0 Å². The summed E-state index contributed by atoms with van der Waals surface area (Å²) in [6, 6.07) is 15.9. The number of aliphatic carboxylic acids is 2. The number of anilines is 1. The molecule has 0 bridgehead atoms. The Morgan fingerprint density at radius 1 is 0.902 bits per heavy atom. The Hall–Kier alpha value is -3.90. The van der Waals surface area contributed by atoms with Crippen LogP contribution in [0, 0.1) is 0 Å². The second-order valence-electron chi connectivity index (χ2n) is 11.9. The third kappa shape index (κ3) is 5.17. The Labute approximate surface area is 246 Å². The molecule has 0 unspecified atom stereocenters. The van der Waals surface area contributed by atoms with Crippen molar-refractivity contribution in [1.82, 2.24) is 0 Å². The molecule has 2 aromatic rings. The Morgan fingerprint density at radius 3 is 2.29 bits per heavy atom. The van der Waals surface area contributed by atoms with Crippen molar-refractivity contribution in [1.29, 1.82) is 0 Å². The number of halogens is 1. The van der Waals surface area contributed by atoms with E-state index < -0.39 is 11.9 Å². The molecule has 1 aliphatic carbocycles. The van der Waals surface area contributed by atoms with Gasteiger partial charge in [0.15, 0.2) is 5.71 Å². The lowest BCUT2D eigenvalue weighted by Gasteiger charge is -2.26. The van der Waals surface area contributed by atoms with E-state index in [1.165, 1.54) is 0 Å². The van der Waals surface area contributed by atoms with E-state index in [4.69, 9.17) is 11.6 Å². The quantitative estimate of drug-likeness (QED) is 0.347. The average Bonchev–Trinajstić information content (AvgIpc) is 3.26. The first-order valence-electron chi connectivity index (χ1n) is 14.0. The van der Waals surface area contributed by atoms with Crippen LogP contribution in [0.3, 0.4) is 0 Å². The third-order valence-corrected chi connectivity index (χ3v) is 9.01. The maximum atomic E-state index is 11.7. The van der Waals surface area contributed by atoms with Gasteiger partial charge in [-0.2, -0.15) is 4.58 Å². The van der Waals surface area contributed by atoms with Gasteiger partial charge in [0.05, 0.1) is 5.41 Å². The highest BCUT2D eigenvalue weighted by atomic mass is 35.5. The van der Waals surface area contributed by atoms with Gasteiger partial charge in [-0.25, -0.2) is 4.79 Å². The fourth-order valence-electron chi connectivity index (χ4n) is 6.46. The van der Waals surface area contributed by atoms with Crippen molar-refractivity contribution in [2.75, 3.05) is 18.0 Å². The van der Waals surface area contributed by atoms with Crippen molar-refractivity contribution in [3.63, 3.8) is 0 Å². The number of carbonyl (C=O) groups is 2. The van der Waals surface area contributed by atoms with Crippen molar-refractivity contribution in [3.05, 3.63) is 106 Å². The number of rotatable bonds is 7. The number of nitrogens with zero attached hydrogens (tertiary/aromatic N) is 2. The lowest BCUT2D eigenvalue weighted by molar-refractivity contribution is -0.428. The average molecular weight is 572 g/mol. The molecular formula is C34H36ClN2O4+. The highest BCUT2D eigenvalue weighted by Crippen LogP contribution is 2.48. The summed E-state index contributed by atoms with van der Waals surface area (Å²) in [4.78, 5) is 25.4. The molecule has 0 radical (unpaired) electrons. The highest BCUT2D eigenvalue weighted by Gasteiger charge is 2.45. The van der Waals surface area contributed by atoms with Crippen LogP contribution in [-0.2, 0) is 20.4 Å². The molecule has 0 spiro atoms. The Balaban J connectivity index is 1.51. The van der Waals surface area contributed by atoms with Crippen LogP contribution in [0.4, 0.5) is 11.4 Å². The van der Waals surface area contributed by atoms with Gasteiger partial charge in [0, 0.05) is 39.5 Å². The standard InChI is InChI=1S/C34H35ClN2O4/c1-33(2)24-12-5-7-14-26(24)36(20-30(38)39)28(33)18-16-22-10-9-11-23(32(22)35)17-19-29-34(3,4)25-13-6-8-15-27(25)37(29)21-31(40)41/h5-8,12-19H,9-11,20-21H2,1-4H3,(H-,38,39,40,41)/p+1. The predicted octanol–water partition coefficient (Wildman–Crippen LogP) is 7.07. The number of benzene rings is 2.